The van der Waals surface area contributed by atoms with Gasteiger partial charge in [-0.25, -0.2) is 4.79 Å². The number of hydrogen-bond acceptors (Lipinski definition) is 2. The Hall–Kier alpha value is -3.33. The summed E-state index contributed by atoms with van der Waals surface area (Å²) in [5, 5.41) is 1.14. The molecule has 0 aliphatic carbocycles. The molecule has 0 aliphatic rings. The number of aryl methyl sites for hydroxylation is 1. The highest BCUT2D eigenvalue weighted by molar-refractivity contribution is 5.95. The number of ether oxygens (including phenoxy) is 1. The van der Waals surface area contributed by atoms with E-state index in [0.29, 0.717) is 5.56 Å². The van der Waals surface area contributed by atoms with Crippen LogP contribution in [0.5, 0.6) is 0 Å². The monoisotopic (exact) mass is 369 g/mol. The van der Waals surface area contributed by atoms with E-state index in [0.717, 1.165) is 23.9 Å². The summed E-state index contributed by atoms with van der Waals surface area (Å²) >= 11 is 0. The van der Waals surface area contributed by atoms with Crippen molar-refractivity contribution in [2.75, 3.05) is 7.11 Å². The summed E-state index contributed by atoms with van der Waals surface area (Å²) in [5.74, 6) is -0.306. The summed E-state index contributed by atoms with van der Waals surface area (Å²) in [6, 6.07) is 27.0. The minimum atomic E-state index is -0.306. The molecule has 0 amide bonds. The van der Waals surface area contributed by atoms with Crippen molar-refractivity contribution in [2.24, 2.45) is 0 Å². The van der Waals surface area contributed by atoms with E-state index in [9.17, 15) is 4.79 Å². The molecule has 28 heavy (non-hydrogen) atoms. The SMILES string of the molecule is CCc1cc2ccc(C(=O)OC)cc2n1Cc1ccc(-c2ccccc2)cc1. The van der Waals surface area contributed by atoms with Gasteiger partial charge in [-0.2, -0.15) is 0 Å². The van der Waals surface area contributed by atoms with Crippen molar-refractivity contribution in [1.29, 1.82) is 0 Å². The van der Waals surface area contributed by atoms with Crippen LogP contribution in [0.2, 0.25) is 0 Å². The van der Waals surface area contributed by atoms with Gasteiger partial charge in [-0.05, 0) is 46.7 Å². The third-order valence-electron chi connectivity index (χ3n) is 5.18. The van der Waals surface area contributed by atoms with E-state index in [1.165, 1.54) is 29.5 Å². The van der Waals surface area contributed by atoms with Crippen molar-refractivity contribution in [2.45, 2.75) is 19.9 Å². The van der Waals surface area contributed by atoms with Crippen LogP contribution >= 0.6 is 0 Å². The van der Waals surface area contributed by atoms with Crippen molar-refractivity contribution >= 4 is 16.9 Å². The maximum absolute atomic E-state index is 11.9. The highest BCUT2D eigenvalue weighted by Gasteiger charge is 2.12. The van der Waals surface area contributed by atoms with E-state index in [2.05, 4.69) is 66.1 Å². The Morgan fingerprint density at radius 2 is 1.61 bits per heavy atom. The van der Waals surface area contributed by atoms with Gasteiger partial charge in [0.15, 0.2) is 0 Å². The number of esters is 1. The minimum Gasteiger partial charge on any atom is -0.465 e. The van der Waals surface area contributed by atoms with E-state index in [-0.39, 0.29) is 5.97 Å². The lowest BCUT2D eigenvalue weighted by Crippen LogP contribution is -2.05. The number of fused-ring (bicyclic) bond motifs is 1. The third kappa shape index (κ3) is 3.44. The molecule has 0 N–H and O–H groups in total. The Labute approximate surface area is 165 Å². The fourth-order valence-electron chi connectivity index (χ4n) is 3.65. The van der Waals surface area contributed by atoms with Crippen LogP contribution < -0.4 is 0 Å². The lowest BCUT2D eigenvalue weighted by atomic mass is 10.0. The largest absolute Gasteiger partial charge is 0.465 e. The summed E-state index contributed by atoms with van der Waals surface area (Å²) < 4.78 is 7.17. The normalized spacial score (nSPS) is 10.9. The summed E-state index contributed by atoms with van der Waals surface area (Å²) in [4.78, 5) is 11.9. The molecule has 1 aromatic heterocycles. The number of hydrogen-bond donors (Lipinski definition) is 0. The fraction of sp³-hybridized carbons (Fsp3) is 0.160. The van der Waals surface area contributed by atoms with Gasteiger partial charge in [0.2, 0.25) is 0 Å². The zero-order valence-corrected chi connectivity index (χ0v) is 16.2. The van der Waals surface area contributed by atoms with Gasteiger partial charge >= 0.3 is 5.97 Å². The van der Waals surface area contributed by atoms with Crippen LogP contribution in [0.25, 0.3) is 22.0 Å². The van der Waals surface area contributed by atoms with Gasteiger partial charge in [0.05, 0.1) is 12.7 Å². The minimum absolute atomic E-state index is 0.306. The quantitative estimate of drug-likeness (QED) is 0.422. The molecule has 0 aliphatic heterocycles. The molecule has 0 atom stereocenters. The smallest absolute Gasteiger partial charge is 0.337 e. The van der Waals surface area contributed by atoms with E-state index in [1.807, 2.05) is 24.3 Å². The van der Waals surface area contributed by atoms with E-state index >= 15 is 0 Å². The van der Waals surface area contributed by atoms with Crippen LogP contribution in [0.15, 0.2) is 78.9 Å². The highest BCUT2D eigenvalue weighted by Crippen LogP contribution is 2.25. The van der Waals surface area contributed by atoms with Crippen molar-refractivity contribution in [3.63, 3.8) is 0 Å². The zero-order valence-electron chi connectivity index (χ0n) is 16.2. The maximum atomic E-state index is 11.9. The molecule has 3 heteroatoms. The molecule has 0 fully saturated rings. The molecule has 0 radical (unpaired) electrons. The highest BCUT2D eigenvalue weighted by atomic mass is 16.5. The second-order valence-electron chi connectivity index (χ2n) is 6.90. The Bertz CT molecular complexity index is 1110. The molecule has 3 nitrogen and oxygen atoms in total. The number of methoxy groups -OCH3 is 1. The number of aromatic nitrogens is 1. The second-order valence-corrected chi connectivity index (χ2v) is 6.90. The summed E-state index contributed by atoms with van der Waals surface area (Å²) in [6.45, 7) is 2.93. The molecular formula is C25H23NO2. The van der Waals surface area contributed by atoms with Gasteiger partial charge in [-0.1, -0.05) is 67.6 Å². The second kappa shape index (κ2) is 7.73. The van der Waals surface area contributed by atoms with Crippen LogP contribution in [0.3, 0.4) is 0 Å². The van der Waals surface area contributed by atoms with Gasteiger partial charge in [0.25, 0.3) is 0 Å². The standard InChI is InChI=1S/C25H23NO2/c1-3-23-15-21-13-14-22(25(27)28-2)16-24(21)26(23)17-18-9-11-20(12-10-18)19-7-5-4-6-8-19/h4-16H,3,17H2,1-2H3. The Morgan fingerprint density at radius 1 is 0.893 bits per heavy atom. The average Bonchev–Trinajstić information content (AvgIpc) is 3.11. The van der Waals surface area contributed by atoms with Crippen molar-refractivity contribution < 1.29 is 9.53 Å². The third-order valence-corrected chi connectivity index (χ3v) is 5.18. The molecule has 1 heterocycles. The van der Waals surface area contributed by atoms with Gasteiger partial charge in [-0.15, -0.1) is 0 Å². The topological polar surface area (TPSA) is 31.2 Å². The van der Waals surface area contributed by atoms with Gasteiger partial charge in [0.1, 0.15) is 0 Å². The lowest BCUT2D eigenvalue weighted by Gasteiger charge is -2.11. The zero-order chi connectivity index (χ0) is 19.5. The molecule has 3 aromatic carbocycles. The molecule has 0 spiro atoms. The first kappa shape index (κ1) is 18.1. The molecule has 4 aromatic rings. The van der Waals surface area contributed by atoms with Gasteiger partial charge in [-0.3, -0.25) is 0 Å². The molecule has 0 unspecified atom stereocenters. The number of benzene rings is 3. The summed E-state index contributed by atoms with van der Waals surface area (Å²) in [7, 11) is 1.41. The van der Waals surface area contributed by atoms with Gasteiger partial charge < -0.3 is 9.30 Å². The number of rotatable bonds is 5. The first-order chi connectivity index (χ1) is 13.7. The first-order valence-corrected chi connectivity index (χ1v) is 9.54. The van der Waals surface area contributed by atoms with Crippen LogP contribution in [0.4, 0.5) is 0 Å². The molecule has 0 saturated heterocycles. The van der Waals surface area contributed by atoms with E-state index in [1.54, 1.807) is 0 Å². The van der Waals surface area contributed by atoms with E-state index < -0.39 is 0 Å². The molecule has 0 bridgehead atoms. The van der Waals surface area contributed by atoms with Crippen LogP contribution in [-0.4, -0.2) is 17.6 Å². The fourth-order valence-corrected chi connectivity index (χ4v) is 3.65. The first-order valence-electron chi connectivity index (χ1n) is 9.54. The molecular weight excluding hydrogens is 346 g/mol. The number of carbonyl (C=O) groups excluding carboxylic acids is 1. The Balaban J connectivity index is 1.69. The summed E-state index contributed by atoms with van der Waals surface area (Å²) in [6.07, 6.45) is 0.935. The predicted octanol–water partition coefficient (Wildman–Crippen LogP) is 5.71. The predicted molar refractivity (Wildman–Crippen MR) is 114 cm³/mol. The maximum Gasteiger partial charge on any atom is 0.337 e. The van der Waals surface area contributed by atoms with Crippen LogP contribution in [0.1, 0.15) is 28.5 Å². The van der Waals surface area contributed by atoms with Crippen LogP contribution in [0, 0.1) is 0 Å². The lowest BCUT2D eigenvalue weighted by molar-refractivity contribution is 0.0601. The van der Waals surface area contributed by atoms with Crippen LogP contribution in [-0.2, 0) is 17.7 Å². The summed E-state index contributed by atoms with van der Waals surface area (Å²) in [5.41, 5.74) is 6.56. The number of carbonyl (C=O) groups is 1. The van der Waals surface area contributed by atoms with Crippen molar-refractivity contribution in [3.05, 3.63) is 95.7 Å². The average molecular weight is 369 g/mol. The van der Waals surface area contributed by atoms with Gasteiger partial charge in [0, 0.05) is 17.8 Å². The molecule has 0 saturated carbocycles. The molecule has 4 rings (SSSR count). The number of nitrogens with zero attached hydrogens (tertiary/aromatic N) is 1. The van der Waals surface area contributed by atoms with Crippen molar-refractivity contribution in [1.82, 2.24) is 4.57 Å². The Kier molecular flexibility index (Phi) is 4.98. The van der Waals surface area contributed by atoms with Crippen molar-refractivity contribution in [3.8, 4) is 11.1 Å². The molecule has 140 valence electrons. The Morgan fingerprint density at radius 3 is 2.29 bits per heavy atom. The van der Waals surface area contributed by atoms with E-state index in [4.69, 9.17) is 4.74 Å².